The molecular formula is C15H18N2O2S2. The van der Waals surface area contributed by atoms with Crippen LogP contribution in [-0.4, -0.2) is 13.4 Å². The SMILES string of the molecule is Cc1cc(S(=O)(=O)NC(c2cccnc2)C2CC2)c(C)s1. The molecule has 2 heterocycles. The van der Waals surface area contributed by atoms with Crippen LogP contribution in [0.5, 0.6) is 0 Å². The molecular weight excluding hydrogens is 304 g/mol. The summed E-state index contributed by atoms with van der Waals surface area (Å²) >= 11 is 1.51. The largest absolute Gasteiger partial charge is 0.264 e. The molecule has 0 aliphatic heterocycles. The summed E-state index contributed by atoms with van der Waals surface area (Å²) in [5.41, 5.74) is 0.938. The van der Waals surface area contributed by atoms with Gasteiger partial charge < -0.3 is 0 Å². The van der Waals surface area contributed by atoms with Gasteiger partial charge in [0.2, 0.25) is 10.0 Å². The standard InChI is InChI=1S/C15H18N2O2S2/c1-10-8-14(11(2)20-10)21(18,19)17-15(12-5-6-12)13-4-3-7-16-9-13/h3-4,7-9,12,15,17H,5-6H2,1-2H3. The number of pyridine rings is 1. The van der Waals surface area contributed by atoms with Gasteiger partial charge in [-0.1, -0.05) is 6.07 Å². The van der Waals surface area contributed by atoms with E-state index in [1.807, 2.05) is 26.0 Å². The first-order chi connectivity index (χ1) is 9.97. The smallest absolute Gasteiger partial charge is 0.242 e. The molecule has 0 radical (unpaired) electrons. The van der Waals surface area contributed by atoms with E-state index in [1.54, 1.807) is 18.5 Å². The van der Waals surface area contributed by atoms with Crippen LogP contribution in [0.4, 0.5) is 0 Å². The Labute approximate surface area is 129 Å². The summed E-state index contributed by atoms with van der Waals surface area (Å²) in [6.07, 6.45) is 5.57. The van der Waals surface area contributed by atoms with E-state index >= 15 is 0 Å². The zero-order chi connectivity index (χ0) is 15.0. The van der Waals surface area contributed by atoms with Crippen molar-refractivity contribution >= 4 is 21.4 Å². The van der Waals surface area contributed by atoms with Crippen LogP contribution in [0.1, 0.15) is 34.2 Å². The number of nitrogens with zero attached hydrogens (tertiary/aromatic N) is 1. The number of aryl methyl sites for hydroxylation is 2. The molecule has 1 N–H and O–H groups in total. The minimum absolute atomic E-state index is 0.177. The van der Waals surface area contributed by atoms with Gasteiger partial charge in [0, 0.05) is 22.1 Å². The Morgan fingerprint density at radius 1 is 1.38 bits per heavy atom. The van der Waals surface area contributed by atoms with Crippen molar-refractivity contribution in [3.8, 4) is 0 Å². The number of aromatic nitrogens is 1. The van der Waals surface area contributed by atoms with Gasteiger partial charge in [-0.25, -0.2) is 13.1 Å². The maximum atomic E-state index is 12.7. The molecule has 1 saturated carbocycles. The van der Waals surface area contributed by atoms with Crippen LogP contribution in [-0.2, 0) is 10.0 Å². The lowest BCUT2D eigenvalue weighted by Crippen LogP contribution is -2.30. The zero-order valence-electron chi connectivity index (χ0n) is 12.0. The fourth-order valence-electron chi connectivity index (χ4n) is 2.53. The van der Waals surface area contributed by atoms with Crippen molar-refractivity contribution in [2.24, 2.45) is 5.92 Å². The lowest BCUT2D eigenvalue weighted by Gasteiger charge is -2.18. The van der Waals surface area contributed by atoms with Gasteiger partial charge in [-0.2, -0.15) is 0 Å². The van der Waals surface area contributed by atoms with Crippen molar-refractivity contribution in [3.05, 3.63) is 45.9 Å². The van der Waals surface area contributed by atoms with Gasteiger partial charge in [-0.15, -0.1) is 11.3 Å². The maximum absolute atomic E-state index is 12.7. The van der Waals surface area contributed by atoms with Crippen molar-refractivity contribution in [2.75, 3.05) is 0 Å². The van der Waals surface area contributed by atoms with Crippen molar-refractivity contribution in [1.29, 1.82) is 0 Å². The van der Waals surface area contributed by atoms with Crippen LogP contribution in [0.3, 0.4) is 0 Å². The molecule has 1 aliphatic rings. The summed E-state index contributed by atoms with van der Waals surface area (Å²) < 4.78 is 28.2. The van der Waals surface area contributed by atoms with E-state index in [-0.39, 0.29) is 6.04 Å². The molecule has 0 bridgehead atoms. The summed E-state index contributed by atoms with van der Waals surface area (Å²) in [5, 5.41) is 0. The summed E-state index contributed by atoms with van der Waals surface area (Å²) in [4.78, 5) is 6.36. The molecule has 0 aromatic carbocycles. The third-order valence-corrected chi connectivity index (χ3v) is 6.37. The molecule has 1 aliphatic carbocycles. The topological polar surface area (TPSA) is 59.1 Å². The second-order valence-electron chi connectivity index (χ2n) is 5.50. The average Bonchev–Trinajstić information content (AvgIpc) is 3.22. The number of rotatable bonds is 5. The molecule has 2 aromatic heterocycles. The Morgan fingerprint density at radius 3 is 2.67 bits per heavy atom. The van der Waals surface area contributed by atoms with Crippen LogP contribution in [0.15, 0.2) is 35.5 Å². The summed E-state index contributed by atoms with van der Waals surface area (Å²) in [7, 11) is -3.49. The lowest BCUT2D eigenvalue weighted by atomic mass is 10.1. The fraction of sp³-hybridized carbons (Fsp3) is 0.400. The fourth-order valence-corrected chi connectivity index (χ4v) is 5.38. The van der Waals surface area contributed by atoms with Gasteiger partial charge >= 0.3 is 0 Å². The van der Waals surface area contributed by atoms with E-state index in [9.17, 15) is 8.42 Å². The first kappa shape index (κ1) is 14.7. The molecule has 1 atom stereocenters. The molecule has 112 valence electrons. The summed E-state index contributed by atoms with van der Waals surface area (Å²) in [6.45, 7) is 3.78. The molecule has 4 nitrogen and oxygen atoms in total. The Bertz CT molecular complexity index is 734. The highest BCUT2D eigenvalue weighted by molar-refractivity contribution is 7.89. The van der Waals surface area contributed by atoms with Crippen molar-refractivity contribution in [2.45, 2.75) is 37.6 Å². The van der Waals surface area contributed by atoms with Gasteiger partial charge in [0.25, 0.3) is 0 Å². The molecule has 21 heavy (non-hydrogen) atoms. The highest BCUT2D eigenvalue weighted by Crippen LogP contribution is 2.41. The number of thiophene rings is 1. The molecule has 3 rings (SSSR count). The third kappa shape index (κ3) is 3.17. The second-order valence-corrected chi connectivity index (χ2v) is 8.64. The minimum atomic E-state index is -3.49. The van der Waals surface area contributed by atoms with E-state index in [0.717, 1.165) is 28.2 Å². The molecule has 6 heteroatoms. The van der Waals surface area contributed by atoms with Crippen LogP contribution in [0.25, 0.3) is 0 Å². The highest BCUT2D eigenvalue weighted by Gasteiger charge is 2.36. The van der Waals surface area contributed by atoms with Gasteiger partial charge in [-0.3, -0.25) is 4.98 Å². The number of hydrogen-bond acceptors (Lipinski definition) is 4. The Morgan fingerprint density at radius 2 is 2.14 bits per heavy atom. The lowest BCUT2D eigenvalue weighted by molar-refractivity contribution is 0.528. The van der Waals surface area contributed by atoms with Gasteiger partial charge in [-0.05, 0) is 50.3 Å². The maximum Gasteiger partial charge on any atom is 0.242 e. The predicted molar refractivity (Wildman–Crippen MR) is 83.8 cm³/mol. The molecule has 1 fully saturated rings. The van der Waals surface area contributed by atoms with Crippen molar-refractivity contribution < 1.29 is 8.42 Å². The third-order valence-electron chi connectivity index (χ3n) is 3.70. The van der Waals surface area contributed by atoms with Crippen molar-refractivity contribution in [1.82, 2.24) is 9.71 Å². The van der Waals surface area contributed by atoms with Gasteiger partial charge in [0.1, 0.15) is 0 Å². The van der Waals surface area contributed by atoms with Crippen LogP contribution in [0, 0.1) is 19.8 Å². The zero-order valence-corrected chi connectivity index (χ0v) is 13.7. The first-order valence-corrected chi connectivity index (χ1v) is 9.26. The first-order valence-electron chi connectivity index (χ1n) is 6.96. The molecule has 1 unspecified atom stereocenters. The monoisotopic (exact) mass is 322 g/mol. The van der Waals surface area contributed by atoms with Crippen LogP contribution < -0.4 is 4.72 Å². The second kappa shape index (κ2) is 5.51. The number of sulfonamides is 1. The van der Waals surface area contributed by atoms with Crippen LogP contribution >= 0.6 is 11.3 Å². The molecule has 0 spiro atoms. The Kier molecular flexibility index (Phi) is 3.86. The molecule has 0 amide bonds. The van der Waals surface area contributed by atoms with E-state index in [2.05, 4.69) is 9.71 Å². The van der Waals surface area contributed by atoms with Crippen molar-refractivity contribution in [3.63, 3.8) is 0 Å². The van der Waals surface area contributed by atoms with Gasteiger partial charge in [0.05, 0.1) is 10.9 Å². The van der Waals surface area contributed by atoms with E-state index in [0.29, 0.717) is 10.8 Å². The minimum Gasteiger partial charge on any atom is -0.264 e. The van der Waals surface area contributed by atoms with E-state index in [1.165, 1.54) is 11.3 Å². The molecule has 0 saturated heterocycles. The highest BCUT2D eigenvalue weighted by atomic mass is 32.2. The quantitative estimate of drug-likeness (QED) is 0.919. The Hall–Kier alpha value is -1.24. The average molecular weight is 322 g/mol. The molecule has 2 aromatic rings. The van der Waals surface area contributed by atoms with E-state index in [4.69, 9.17) is 0 Å². The van der Waals surface area contributed by atoms with Crippen LogP contribution in [0.2, 0.25) is 0 Å². The summed E-state index contributed by atoms with van der Waals surface area (Å²) in [5.74, 6) is 0.379. The van der Waals surface area contributed by atoms with E-state index < -0.39 is 10.0 Å². The van der Waals surface area contributed by atoms with Gasteiger partial charge in [0.15, 0.2) is 0 Å². The number of hydrogen-bond donors (Lipinski definition) is 1. The number of nitrogens with one attached hydrogen (secondary N) is 1. The predicted octanol–water partition coefficient (Wildman–Crippen LogP) is 3.19. The summed E-state index contributed by atoms with van der Waals surface area (Å²) in [6, 6.07) is 5.35. The Balaban J connectivity index is 1.91. The normalized spacial score (nSPS) is 16.9.